The van der Waals surface area contributed by atoms with E-state index in [9.17, 15) is 18.0 Å². The van der Waals surface area contributed by atoms with Crippen molar-refractivity contribution in [3.63, 3.8) is 0 Å². The minimum atomic E-state index is -3.93. The zero-order valence-corrected chi connectivity index (χ0v) is 19.7. The standard InChI is InChI=1S/C22H27FN4O5S/c1-22(21(29)25-30,33(4,31)32)9-10-27-13-18(23)17-11-14(5-7-16(17)20(27)28)15-6-8-19(24-12-15)26(2)3/h5-8,11-12,18,30H,9-10,13H2,1-4H3,(H,25,29). The van der Waals surface area contributed by atoms with Crippen LogP contribution in [0.5, 0.6) is 0 Å². The lowest BCUT2D eigenvalue weighted by Crippen LogP contribution is -2.51. The molecule has 1 aromatic heterocycles. The molecule has 0 radical (unpaired) electrons. The second-order valence-electron chi connectivity index (χ2n) is 8.51. The highest BCUT2D eigenvalue weighted by Crippen LogP contribution is 2.34. The van der Waals surface area contributed by atoms with Crippen molar-refractivity contribution < 1.29 is 27.6 Å². The summed E-state index contributed by atoms with van der Waals surface area (Å²) in [5.74, 6) is -0.779. The lowest BCUT2D eigenvalue weighted by molar-refractivity contribution is -0.131. The lowest BCUT2D eigenvalue weighted by atomic mass is 9.93. The zero-order chi connectivity index (χ0) is 24.6. The van der Waals surface area contributed by atoms with E-state index in [1.165, 1.54) is 10.4 Å². The number of fused-ring (bicyclic) bond motifs is 1. The summed E-state index contributed by atoms with van der Waals surface area (Å²) in [6.45, 7) is 0.714. The van der Waals surface area contributed by atoms with Gasteiger partial charge in [0.2, 0.25) is 0 Å². The molecule has 2 aromatic rings. The first kappa shape index (κ1) is 24.6. The van der Waals surface area contributed by atoms with Crippen molar-refractivity contribution in [3.05, 3.63) is 47.7 Å². The van der Waals surface area contributed by atoms with Gasteiger partial charge in [-0.2, -0.15) is 0 Å². The second-order valence-corrected chi connectivity index (χ2v) is 11.0. The van der Waals surface area contributed by atoms with Gasteiger partial charge in [0.15, 0.2) is 14.6 Å². The first-order valence-electron chi connectivity index (χ1n) is 10.2. The van der Waals surface area contributed by atoms with Crippen LogP contribution in [-0.4, -0.2) is 73.5 Å². The number of amides is 2. The third-order valence-electron chi connectivity index (χ3n) is 6.09. The van der Waals surface area contributed by atoms with Crippen molar-refractivity contribution in [2.45, 2.75) is 24.3 Å². The minimum absolute atomic E-state index is 0.173. The van der Waals surface area contributed by atoms with Gasteiger partial charge >= 0.3 is 0 Å². The Bertz CT molecular complexity index is 1170. The predicted octanol–water partition coefficient (Wildman–Crippen LogP) is 1.98. The molecule has 0 fully saturated rings. The van der Waals surface area contributed by atoms with Gasteiger partial charge in [-0.1, -0.05) is 6.07 Å². The number of benzene rings is 1. The first-order chi connectivity index (χ1) is 15.4. The van der Waals surface area contributed by atoms with Gasteiger partial charge in [0.1, 0.15) is 12.0 Å². The van der Waals surface area contributed by atoms with Crippen molar-refractivity contribution in [2.24, 2.45) is 0 Å². The minimum Gasteiger partial charge on any atom is -0.363 e. The number of hydroxylamine groups is 1. The molecule has 2 amide bonds. The van der Waals surface area contributed by atoms with E-state index in [1.54, 1.807) is 24.4 Å². The number of anilines is 1. The van der Waals surface area contributed by atoms with Gasteiger partial charge in [-0.05, 0) is 43.2 Å². The van der Waals surface area contributed by atoms with Crippen LogP contribution < -0.4 is 10.4 Å². The van der Waals surface area contributed by atoms with Gasteiger partial charge in [-0.3, -0.25) is 14.8 Å². The van der Waals surface area contributed by atoms with Crippen LogP contribution in [0.4, 0.5) is 10.2 Å². The smallest absolute Gasteiger partial charge is 0.264 e. The molecule has 178 valence electrons. The van der Waals surface area contributed by atoms with Crippen LogP contribution >= 0.6 is 0 Å². The van der Waals surface area contributed by atoms with Crippen LogP contribution in [0.2, 0.25) is 0 Å². The summed E-state index contributed by atoms with van der Waals surface area (Å²) in [4.78, 5) is 32.4. The van der Waals surface area contributed by atoms with E-state index >= 15 is 4.39 Å². The molecule has 0 saturated heterocycles. The average Bonchev–Trinajstić information content (AvgIpc) is 2.78. The summed E-state index contributed by atoms with van der Waals surface area (Å²) in [7, 11) is -0.174. The predicted molar refractivity (Wildman–Crippen MR) is 122 cm³/mol. The van der Waals surface area contributed by atoms with Crippen LogP contribution in [0.3, 0.4) is 0 Å². The summed E-state index contributed by atoms with van der Waals surface area (Å²) in [5.41, 5.74) is 3.30. The van der Waals surface area contributed by atoms with Gasteiger partial charge in [0.25, 0.3) is 11.8 Å². The normalized spacial score (nSPS) is 17.8. The SMILES string of the molecule is CN(C)c1ccc(-c2ccc3c(c2)C(F)CN(CCC(C)(C(=O)NO)S(C)(=O)=O)C3=O)cn1. The molecule has 1 aromatic carbocycles. The van der Waals surface area contributed by atoms with Crippen molar-refractivity contribution in [1.82, 2.24) is 15.4 Å². The molecule has 2 unspecified atom stereocenters. The number of halogens is 1. The van der Waals surface area contributed by atoms with E-state index in [0.29, 0.717) is 0 Å². The van der Waals surface area contributed by atoms with Gasteiger partial charge in [0, 0.05) is 49.8 Å². The van der Waals surface area contributed by atoms with Crippen LogP contribution in [-0.2, 0) is 14.6 Å². The summed E-state index contributed by atoms with van der Waals surface area (Å²) in [6.07, 6.45) is 0.769. The van der Waals surface area contributed by atoms with Crippen molar-refractivity contribution in [3.8, 4) is 11.1 Å². The Kier molecular flexibility index (Phi) is 6.75. The van der Waals surface area contributed by atoms with Crippen molar-refractivity contribution in [2.75, 3.05) is 38.3 Å². The van der Waals surface area contributed by atoms with Gasteiger partial charge in [-0.25, -0.2) is 23.3 Å². The molecule has 0 spiro atoms. The Morgan fingerprint density at radius 3 is 2.52 bits per heavy atom. The fourth-order valence-corrected chi connectivity index (χ4v) is 4.53. The molecular formula is C22H27FN4O5S. The number of hydrogen-bond acceptors (Lipinski definition) is 7. The summed E-state index contributed by atoms with van der Waals surface area (Å²) in [5, 5.41) is 8.95. The molecule has 1 aliphatic heterocycles. The molecule has 1 aliphatic rings. The van der Waals surface area contributed by atoms with E-state index in [4.69, 9.17) is 5.21 Å². The molecule has 33 heavy (non-hydrogen) atoms. The Hall–Kier alpha value is -3.05. The Morgan fingerprint density at radius 2 is 1.97 bits per heavy atom. The molecular weight excluding hydrogens is 451 g/mol. The molecule has 2 heterocycles. The molecule has 2 N–H and O–H groups in total. The Balaban J connectivity index is 1.84. The zero-order valence-electron chi connectivity index (χ0n) is 18.9. The monoisotopic (exact) mass is 478 g/mol. The van der Waals surface area contributed by atoms with Crippen molar-refractivity contribution >= 4 is 27.5 Å². The highest BCUT2D eigenvalue weighted by Gasteiger charge is 2.44. The third-order valence-corrected chi connectivity index (χ3v) is 8.11. The average molecular weight is 479 g/mol. The molecule has 0 aliphatic carbocycles. The second kappa shape index (κ2) is 9.06. The Labute approximate surface area is 192 Å². The summed E-state index contributed by atoms with van der Waals surface area (Å²) >= 11 is 0. The maximum absolute atomic E-state index is 15.1. The van der Waals surface area contributed by atoms with E-state index in [-0.39, 0.29) is 30.6 Å². The largest absolute Gasteiger partial charge is 0.363 e. The fourth-order valence-electron chi connectivity index (χ4n) is 3.69. The molecule has 0 bridgehead atoms. The number of pyridine rings is 1. The van der Waals surface area contributed by atoms with Crippen LogP contribution in [0, 0.1) is 0 Å². The first-order valence-corrected chi connectivity index (χ1v) is 12.1. The number of alkyl halides is 1. The molecule has 9 nitrogen and oxygen atoms in total. The van der Waals surface area contributed by atoms with Gasteiger partial charge in [-0.15, -0.1) is 0 Å². The number of rotatable bonds is 7. The van der Waals surface area contributed by atoms with E-state index in [1.807, 2.05) is 31.1 Å². The number of nitrogens with zero attached hydrogens (tertiary/aromatic N) is 3. The molecule has 0 saturated carbocycles. The van der Waals surface area contributed by atoms with Crippen molar-refractivity contribution in [1.29, 1.82) is 0 Å². The Morgan fingerprint density at radius 1 is 1.30 bits per heavy atom. The summed E-state index contributed by atoms with van der Waals surface area (Å²) in [6, 6.07) is 8.59. The number of hydrogen-bond donors (Lipinski definition) is 2. The lowest BCUT2D eigenvalue weighted by Gasteiger charge is -2.34. The number of carbonyl (C=O) groups excluding carboxylic acids is 2. The third kappa shape index (κ3) is 4.69. The number of aromatic nitrogens is 1. The quantitative estimate of drug-likeness (QED) is 0.461. The van der Waals surface area contributed by atoms with Gasteiger partial charge < -0.3 is 9.80 Å². The molecule has 2 atom stereocenters. The number of sulfone groups is 1. The topological polar surface area (TPSA) is 120 Å². The van der Waals surface area contributed by atoms with Crippen LogP contribution in [0.25, 0.3) is 11.1 Å². The van der Waals surface area contributed by atoms with Crippen LogP contribution in [0.1, 0.15) is 35.4 Å². The number of carbonyl (C=O) groups is 2. The fraction of sp³-hybridized carbons (Fsp3) is 0.409. The maximum atomic E-state index is 15.1. The molecule has 3 rings (SSSR count). The molecule has 11 heteroatoms. The highest BCUT2D eigenvalue weighted by atomic mass is 32.2. The highest BCUT2D eigenvalue weighted by molar-refractivity contribution is 7.92. The van der Waals surface area contributed by atoms with E-state index in [0.717, 1.165) is 30.1 Å². The summed E-state index contributed by atoms with van der Waals surface area (Å²) < 4.78 is 37.4. The maximum Gasteiger partial charge on any atom is 0.264 e. The number of nitrogens with one attached hydrogen (secondary N) is 1. The van der Waals surface area contributed by atoms with Gasteiger partial charge in [0.05, 0.1) is 6.54 Å². The van der Waals surface area contributed by atoms with E-state index in [2.05, 4.69) is 4.98 Å². The van der Waals surface area contributed by atoms with Crippen LogP contribution in [0.15, 0.2) is 36.5 Å². The van der Waals surface area contributed by atoms with E-state index < -0.39 is 32.6 Å².